The molecule has 0 aliphatic rings. The van der Waals surface area contributed by atoms with Gasteiger partial charge in [0.2, 0.25) is 0 Å². The monoisotopic (exact) mass is 253 g/mol. The molecule has 0 fully saturated rings. The van der Waals surface area contributed by atoms with Crippen LogP contribution in [0.2, 0.25) is 0 Å². The molecular formula is C15H15N3O. The average Bonchev–Trinajstić information content (AvgIpc) is 2.87. The summed E-state index contributed by atoms with van der Waals surface area (Å²) in [4.78, 5) is 0. The highest BCUT2D eigenvalue weighted by Crippen LogP contribution is 2.29. The summed E-state index contributed by atoms with van der Waals surface area (Å²) in [5.41, 5.74) is 11.7. The van der Waals surface area contributed by atoms with E-state index in [0.29, 0.717) is 17.7 Å². The fourth-order valence-corrected chi connectivity index (χ4v) is 2.17. The van der Waals surface area contributed by atoms with Gasteiger partial charge >= 0.3 is 0 Å². The maximum absolute atomic E-state index is 9.95. The lowest BCUT2D eigenvalue weighted by atomic mass is 10.2. The van der Waals surface area contributed by atoms with Crippen molar-refractivity contribution in [3.63, 3.8) is 0 Å². The van der Waals surface area contributed by atoms with E-state index < -0.39 is 0 Å². The van der Waals surface area contributed by atoms with E-state index in [1.807, 2.05) is 42.6 Å². The molecule has 0 aliphatic heterocycles. The molecule has 0 aliphatic carbocycles. The first kappa shape index (κ1) is 11.5. The van der Waals surface area contributed by atoms with Crippen LogP contribution in [0, 0.1) is 0 Å². The summed E-state index contributed by atoms with van der Waals surface area (Å²) >= 11 is 0. The van der Waals surface area contributed by atoms with Gasteiger partial charge in [-0.25, -0.2) is 0 Å². The number of nitrogens with one attached hydrogen (secondary N) is 1. The van der Waals surface area contributed by atoms with E-state index in [9.17, 15) is 5.11 Å². The molecule has 4 nitrogen and oxygen atoms in total. The van der Waals surface area contributed by atoms with E-state index in [0.717, 1.165) is 5.39 Å². The van der Waals surface area contributed by atoms with Crippen LogP contribution in [0.1, 0.15) is 5.56 Å². The van der Waals surface area contributed by atoms with E-state index in [1.165, 1.54) is 5.56 Å². The van der Waals surface area contributed by atoms with Crippen molar-refractivity contribution in [1.82, 2.24) is 4.68 Å². The number of anilines is 1. The molecule has 0 radical (unpaired) electrons. The van der Waals surface area contributed by atoms with Crippen LogP contribution in [-0.2, 0) is 6.54 Å². The molecule has 4 heteroatoms. The second-order valence-corrected chi connectivity index (χ2v) is 4.44. The van der Waals surface area contributed by atoms with Crippen LogP contribution >= 0.6 is 0 Å². The fourth-order valence-electron chi connectivity index (χ4n) is 2.17. The fraction of sp³-hybridized carbons (Fsp3) is 0.0667. The molecule has 19 heavy (non-hydrogen) atoms. The molecular weight excluding hydrogens is 238 g/mol. The first-order valence-electron chi connectivity index (χ1n) is 6.12. The van der Waals surface area contributed by atoms with Gasteiger partial charge in [-0.3, -0.25) is 4.68 Å². The minimum absolute atomic E-state index is 0.217. The van der Waals surface area contributed by atoms with Gasteiger partial charge in [-0.1, -0.05) is 30.3 Å². The lowest BCUT2D eigenvalue weighted by molar-refractivity contribution is 0.479. The minimum Gasteiger partial charge on any atom is -0.506 e. The van der Waals surface area contributed by atoms with E-state index in [4.69, 9.17) is 5.73 Å². The normalized spacial score (nSPS) is 10.7. The second-order valence-electron chi connectivity index (χ2n) is 4.44. The Labute approximate surface area is 111 Å². The van der Waals surface area contributed by atoms with Gasteiger partial charge in [0.15, 0.2) is 0 Å². The van der Waals surface area contributed by atoms with E-state index in [-0.39, 0.29) is 5.75 Å². The first-order chi connectivity index (χ1) is 9.25. The third-order valence-corrected chi connectivity index (χ3v) is 3.16. The Morgan fingerprint density at radius 1 is 1.05 bits per heavy atom. The third kappa shape index (κ3) is 2.08. The van der Waals surface area contributed by atoms with E-state index >= 15 is 0 Å². The number of hydrogen-bond donors (Lipinski definition) is 3. The van der Waals surface area contributed by atoms with Crippen molar-refractivity contribution in [1.29, 1.82) is 0 Å². The number of phenols is 1. The standard InChI is InChI=1S/C15H15N3O/c16-13-6-7-14(19)15-12(13)8-9-18(15)17-10-11-4-2-1-3-5-11/h1-9,17,19H,10,16H2. The van der Waals surface area contributed by atoms with Gasteiger partial charge in [0.25, 0.3) is 0 Å². The molecule has 0 atom stereocenters. The minimum atomic E-state index is 0.217. The molecule has 0 saturated heterocycles. The molecule has 0 amide bonds. The highest BCUT2D eigenvalue weighted by atomic mass is 16.3. The maximum Gasteiger partial charge on any atom is 0.141 e. The molecule has 0 bridgehead atoms. The maximum atomic E-state index is 9.95. The zero-order valence-electron chi connectivity index (χ0n) is 10.4. The number of rotatable bonds is 3. The Morgan fingerprint density at radius 2 is 1.84 bits per heavy atom. The number of nitrogen functional groups attached to an aromatic ring is 1. The number of fused-ring (bicyclic) bond motifs is 1. The summed E-state index contributed by atoms with van der Waals surface area (Å²) in [6.45, 7) is 0.679. The van der Waals surface area contributed by atoms with Crippen molar-refractivity contribution in [3.05, 3.63) is 60.3 Å². The zero-order valence-corrected chi connectivity index (χ0v) is 10.4. The topological polar surface area (TPSA) is 63.2 Å². The Balaban J connectivity index is 1.92. The van der Waals surface area contributed by atoms with Gasteiger partial charge in [0, 0.05) is 17.3 Å². The van der Waals surface area contributed by atoms with Crippen LogP contribution in [0.5, 0.6) is 5.75 Å². The molecule has 0 spiro atoms. The van der Waals surface area contributed by atoms with Crippen molar-refractivity contribution < 1.29 is 5.11 Å². The van der Waals surface area contributed by atoms with Crippen LogP contribution in [0.4, 0.5) is 5.69 Å². The smallest absolute Gasteiger partial charge is 0.141 e. The van der Waals surface area contributed by atoms with Crippen LogP contribution in [0.15, 0.2) is 54.7 Å². The van der Waals surface area contributed by atoms with Crippen molar-refractivity contribution in [3.8, 4) is 5.75 Å². The van der Waals surface area contributed by atoms with Gasteiger partial charge in [-0.05, 0) is 23.8 Å². The molecule has 1 aromatic heterocycles. The van der Waals surface area contributed by atoms with Crippen molar-refractivity contribution in [2.45, 2.75) is 6.54 Å². The number of nitrogens with two attached hydrogens (primary N) is 1. The lowest BCUT2D eigenvalue weighted by Gasteiger charge is -2.10. The first-order valence-corrected chi connectivity index (χ1v) is 6.12. The van der Waals surface area contributed by atoms with Gasteiger partial charge in [-0.2, -0.15) is 0 Å². The van der Waals surface area contributed by atoms with Crippen LogP contribution in [0.25, 0.3) is 10.9 Å². The van der Waals surface area contributed by atoms with Crippen molar-refractivity contribution >= 4 is 16.6 Å². The zero-order chi connectivity index (χ0) is 13.2. The molecule has 0 saturated carbocycles. The van der Waals surface area contributed by atoms with Crippen LogP contribution in [-0.4, -0.2) is 9.78 Å². The number of aromatic nitrogens is 1. The molecule has 3 rings (SSSR count). The largest absolute Gasteiger partial charge is 0.506 e. The van der Waals surface area contributed by atoms with Gasteiger partial charge in [-0.15, -0.1) is 0 Å². The van der Waals surface area contributed by atoms with Gasteiger partial charge < -0.3 is 16.3 Å². The molecule has 3 aromatic rings. The molecule has 2 aromatic carbocycles. The van der Waals surface area contributed by atoms with Crippen molar-refractivity contribution in [2.75, 3.05) is 11.2 Å². The highest BCUT2D eigenvalue weighted by molar-refractivity contribution is 5.95. The molecule has 1 heterocycles. The number of aromatic hydroxyl groups is 1. The number of hydrogen-bond acceptors (Lipinski definition) is 3. The lowest BCUT2D eigenvalue weighted by Crippen LogP contribution is -2.12. The van der Waals surface area contributed by atoms with E-state index in [1.54, 1.807) is 16.8 Å². The number of phenolic OH excluding ortho intramolecular Hbond substituents is 1. The summed E-state index contributed by atoms with van der Waals surface area (Å²) in [5.74, 6) is 0.217. The van der Waals surface area contributed by atoms with Gasteiger partial charge in [0.05, 0.1) is 6.54 Å². The van der Waals surface area contributed by atoms with Crippen LogP contribution in [0.3, 0.4) is 0 Å². The molecule has 0 unspecified atom stereocenters. The van der Waals surface area contributed by atoms with Crippen LogP contribution < -0.4 is 11.2 Å². The summed E-state index contributed by atoms with van der Waals surface area (Å²) < 4.78 is 1.80. The van der Waals surface area contributed by atoms with Gasteiger partial charge in [0.1, 0.15) is 11.3 Å². The predicted octanol–water partition coefficient (Wildman–Crippen LogP) is 2.67. The summed E-state index contributed by atoms with van der Waals surface area (Å²) in [5, 5.41) is 10.8. The Morgan fingerprint density at radius 3 is 2.63 bits per heavy atom. The average molecular weight is 253 g/mol. The number of nitrogens with zero attached hydrogens (tertiary/aromatic N) is 1. The highest BCUT2D eigenvalue weighted by Gasteiger charge is 2.08. The molecule has 96 valence electrons. The Bertz CT molecular complexity index is 704. The van der Waals surface area contributed by atoms with E-state index in [2.05, 4.69) is 5.43 Å². The second kappa shape index (κ2) is 4.57. The summed E-state index contributed by atoms with van der Waals surface area (Å²) in [6, 6.07) is 15.3. The Hall–Kier alpha value is -2.62. The molecule has 4 N–H and O–H groups in total. The Kier molecular flexibility index (Phi) is 2.76. The quantitative estimate of drug-likeness (QED) is 0.496. The van der Waals surface area contributed by atoms with Crippen molar-refractivity contribution in [2.24, 2.45) is 0 Å². The predicted molar refractivity (Wildman–Crippen MR) is 77.5 cm³/mol. The summed E-state index contributed by atoms with van der Waals surface area (Å²) in [6.07, 6.45) is 1.86. The number of benzene rings is 2. The SMILES string of the molecule is Nc1ccc(O)c2c1ccn2NCc1ccccc1. The summed E-state index contributed by atoms with van der Waals surface area (Å²) in [7, 11) is 0. The third-order valence-electron chi connectivity index (χ3n) is 3.16.